The van der Waals surface area contributed by atoms with Gasteiger partial charge < -0.3 is 0 Å². The molecule has 0 radical (unpaired) electrons. The average molecular weight is 303 g/mol. The van der Waals surface area contributed by atoms with E-state index in [0.717, 1.165) is 10.4 Å². The van der Waals surface area contributed by atoms with Crippen molar-refractivity contribution in [1.29, 1.82) is 0 Å². The zero-order valence-electron chi connectivity index (χ0n) is 11.6. The predicted octanol–water partition coefficient (Wildman–Crippen LogP) is 2.83. The first-order valence-corrected chi connectivity index (χ1v) is 8.16. The van der Waals surface area contributed by atoms with E-state index in [2.05, 4.69) is 0 Å². The molecule has 2 rings (SSSR count). The van der Waals surface area contributed by atoms with Crippen LogP contribution >= 0.6 is 0 Å². The van der Waals surface area contributed by atoms with Gasteiger partial charge in [0.25, 0.3) is 0 Å². The third kappa shape index (κ3) is 3.01. The summed E-state index contributed by atoms with van der Waals surface area (Å²) in [5.41, 5.74) is 0. The smallest absolute Gasteiger partial charge is 0.243 e. The van der Waals surface area contributed by atoms with Crippen LogP contribution in [0.3, 0.4) is 0 Å². The summed E-state index contributed by atoms with van der Waals surface area (Å²) < 4.78 is 53.1. The van der Waals surface area contributed by atoms with Gasteiger partial charge >= 0.3 is 0 Å². The summed E-state index contributed by atoms with van der Waals surface area (Å²) in [6, 6.07) is 4.83. The molecule has 1 aliphatic heterocycles. The molecule has 1 aromatic rings. The fourth-order valence-corrected chi connectivity index (χ4v) is 4.14. The molecule has 0 spiro atoms. The number of nitrogens with zero attached hydrogens (tertiary/aromatic N) is 1. The van der Waals surface area contributed by atoms with Crippen LogP contribution in [-0.4, -0.2) is 32.0 Å². The molecule has 0 N–H and O–H groups in total. The maximum atomic E-state index is 14.1. The normalized spacial score (nSPS) is 25.1. The number of rotatable bonds is 3. The minimum atomic E-state index is -3.81. The monoisotopic (exact) mass is 303 g/mol. The Balaban J connectivity index is 2.20. The van der Waals surface area contributed by atoms with E-state index in [1.165, 1.54) is 18.2 Å². The van der Waals surface area contributed by atoms with Crippen LogP contribution in [0.25, 0.3) is 0 Å². The van der Waals surface area contributed by atoms with E-state index in [0.29, 0.717) is 6.42 Å². The number of piperidine rings is 1. The maximum absolute atomic E-state index is 14.1. The molecule has 0 aromatic heterocycles. The van der Waals surface area contributed by atoms with Crippen LogP contribution in [0.5, 0.6) is 0 Å². The zero-order valence-corrected chi connectivity index (χ0v) is 12.4. The van der Waals surface area contributed by atoms with Gasteiger partial charge in [0.05, 0.1) is 4.90 Å². The SMILES string of the molecule is CC(C)[C@H]1CCN(S(=O)(=O)c2cccc(F)c2)C[C@H]1F. The van der Waals surface area contributed by atoms with Gasteiger partial charge in [-0.2, -0.15) is 4.31 Å². The molecule has 1 aromatic carbocycles. The van der Waals surface area contributed by atoms with Crippen molar-refractivity contribution in [2.24, 2.45) is 11.8 Å². The van der Waals surface area contributed by atoms with Crippen molar-refractivity contribution in [2.45, 2.75) is 31.3 Å². The van der Waals surface area contributed by atoms with Crippen molar-refractivity contribution in [3.63, 3.8) is 0 Å². The van der Waals surface area contributed by atoms with Crippen LogP contribution in [0.1, 0.15) is 20.3 Å². The molecule has 0 aliphatic carbocycles. The maximum Gasteiger partial charge on any atom is 0.243 e. The van der Waals surface area contributed by atoms with Crippen molar-refractivity contribution in [3.8, 4) is 0 Å². The minimum absolute atomic E-state index is 0.117. The third-order valence-corrected chi connectivity index (χ3v) is 5.71. The van der Waals surface area contributed by atoms with Crippen LogP contribution in [0.15, 0.2) is 29.2 Å². The third-order valence-electron chi connectivity index (χ3n) is 3.84. The Morgan fingerprint density at radius 1 is 1.35 bits per heavy atom. The molecule has 0 saturated carbocycles. The quantitative estimate of drug-likeness (QED) is 0.861. The first-order chi connectivity index (χ1) is 9.32. The van der Waals surface area contributed by atoms with Crippen LogP contribution in [0.4, 0.5) is 8.78 Å². The molecule has 0 amide bonds. The Bertz CT molecular complexity index is 574. The van der Waals surface area contributed by atoms with Gasteiger partial charge in [-0.3, -0.25) is 0 Å². The Hall–Kier alpha value is -1.01. The molecule has 1 fully saturated rings. The highest BCUT2D eigenvalue weighted by molar-refractivity contribution is 7.89. The molecule has 1 saturated heterocycles. The lowest BCUT2D eigenvalue weighted by atomic mass is 9.86. The van der Waals surface area contributed by atoms with Crippen molar-refractivity contribution in [2.75, 3.05) is 13.1 Å². The zero-order chi connectivity index (χ0) is 14.9. The van der Waals surface area contributed by atoms with Crippen molar-refractivity contribution in [1.82, 2.24) is 4.31 Å². The molecule has 20 heavy (non-hydrogen) atoms. The lowest BCUT2D eigenvalue weighted by Gasteiger charge is -2.35. The largest absolute Gasteiger partial charge is 0.246 e. The molecule has 1 heterocycles. The standard InChI is InChI=1S/C14H19F2NO2S/c1-10(2)13-6-7-17(9-14(13)16)20(18,19)12-5-3-4-11(15)8-12/h3-5,8,10,13-14H,6-7,9H2,1-2H3/t13-,14-/m1/s1. The average Bonchev–Trinajstić information content (AvgIpc) is 2.38. The van der Waals surface area contributed by atoms with E-state index in [1.807, 2.05) is 13.8 Å². The topological polar surface area (TPSA) is 37.4 Å². The Labute approximate surface area is 118 Å². The highest BCUT2D eigenvalue weighted by Gasteiger charge is 2.36. The molecular formula is C14H19F2NO2S. The lowest BCUT2D eigenvalue weighted by Crippen LogP contribution is -2.46. The molecule has 6 heteroatoms. The molecule has 112 valence electrons. The van der Waals surface area contributed by atoms with Gasteiger partial charge in [-0.25, -0.2) is 17.2 Å². The van der Waals surface area contributed by atoms with E-state index in [-0.39, 0.29) is 29.8 Å². The summed E-state index contributed by atoms with van der Waals surface area (Å²) in [5.74, 6) is -0.544. The molecule has 3 nitrogen and oxygen atoms in total. The van der Waals surface area contributed by atoms with E-state index in [4.69, 9.17) is 0 Å². The van der Waals surface area contributed by atoms with Crippen molar-refractivity contribution < 1.29 is 17.2 Å². The molecular weight excluding hydrogens is 284 g/mol. The van der Waals surface area contributed by atoms with Gasteiger partial charge in [-0.1, -0.05) is 19.9 Å². The van der Waals surface area contributed by atoms with Crippen molar-refractivity contribution in [3.05, 3.63) is 30.1 Å². The van der Waals surface area contributed by atoms with Gasteiger partial charge in [-0.15, -0.1) is 0 Å². The van der Waals surface area contributed by atoms with E-state index < -0.39 is 22.0 Å². The summed E-state index contributed by atoms with van der Waals surface area (Å²) in [6.45, 7) is 4.01. The van der Waals surface area contributed by atoms with Crippen molar-refractivity contribution >= 4 is 10.0 Å². The fraction of sp³-hybridized carbons (Fsp3) is 0.571. The van der Waals surface area contributed by atoms with E-state index in [1.54, 1.807) is 0 Å². The first-order valence-electron chi connectivity index (χ1n) is 6.72. The number of halogens is 2. The van der Waals surface area contributed by atoms with Crippen LogP contribution < -0.4 is 0 Å². The molecule has 2 atom stereocenters. The number of hydrogen-bond acceptors (Lipinski definition) is 2. The van der Waals surface area contributed by atoms with Crippen LogP contribution in [0.2, 0.25) is 0 Å². The second-order valence-electron chi connectivity index (χ2n) is 5.53. The second kappa shape index (κ2) is 5.77. The Morgan fingerprint density at radius 3 is 2.60 bits per heavy atom. The summed E-state index contributed by atoms with van der Waals surface area (Å²) in [4.78, 5) is -0.118. The molecule has 1 aliphatic rings. The highest BCUT2D eigenvalue weighted by Crippen LogP contribution is 2.30. The fourth-order valence-electron chi connectivity index (χ4n) is 2.64. The summed E-state index contributed by atoms with van der Waals surface area (Å²) >= 11 is 0. The summed E-state index contributed by atoms with van der Waals surface area (Å²) in [7, 11) is -3.81. The lowest BCUT2D eigenvalue weighted by molar-refractivity contribution is 0.101. The first kappa shape index (κ1) is 15.4. The van der Waals surface area contributed by atoms with Gasteiger partial charge in [0, 0.05) is 13.1 Å². The predicted molar refractivity (Wildman–Crippen MR) is 73.0 cm³/mol. The Morgan fingerprint density at radius 2 is 2.05 bits per heavy atom. The Kier molecular flexibility index (Phi) is 4.44. The van der Waals surface area contributed by atoms with Gasteiger partial charge in [0.2, 0.25) is 10.0 Å². The van der Waals surface area contributed by atoms with Gasteiger partial charge in [0.1, 0.15) is 12.0 Å². The molecule has 0 unspecified atom stereocenters. The highest BCUT2D eigenvalue weighted by atomic mass is 32.2. The van der Waals surface area contributed by atoms with Gasteiger partial charge in [-0.05, 0) is 36.5 Å². The number of benzene rings is 1. The van der Waals surface area contributed by atoms with E-state index in [9.17, 15) is 17.2 Å². The summed E-state index contributed by atoms with van der Waals surface area (Å²) in [6.07, 6.45) is -0.681. The van der Waals surface area contributed by atoms with E-state index >= 15 is 0 Å². The molecule has 0 bridgehead atoms. The van der Waals surface area contributed by atoms with Crippen LogP contribution in [0, 0.1) is 17.7 Å². The minimum Gasteiger partial charge on any atom is -0.246 e. The number of hydrogen-bond donors (Lipinski definition) is 0. The number of sulfonamides is 1. The summed E-state index contributed by atoms with van der Waals surface area (Å²) in [5, 5.41) is 0. The second-order valence-corrected chi connectivity index (χ2v) is 7.47. The van der Waals surface area contributed by atoms with Gasteiger partial charge in [0.15, 0.2) is 0 Å². The van der Waals surface area contributed by atoms with Crippen LogP contribution in [-0.2, 0) is 10.0 Å². The number of alkyl halides is 1.